The van der Waals surface area contributed by atoms with Crippen molar-refractivity contribution >= 4 is 5.97 Å². The largest absolute Gasteiger partial charge is 0.476 e. The Hall–Kier alpha value is -2.10. The molecule has 0 saturated carbocycles. The number of aromatic nitrogens is 2. The van der Waals surface area contributed by atoms with Gasteiger partial charge in [0.05, 0.1) is 5.69 Å². The van der Waals surface area contributed by atoms with Gasteiger partial charge in [-0.3, -0.25) is 4.68 Å². The summed E-state index contributed by atoms with van der Waals surface area (Å²) in [4.78, 5) is 11.0. The van der Waals surface area contributed by atoms with Gasteiger partial charge in [0.2, 0.25) is 0 Å². The van der Waals surface area contributed by atoms with Crippen molar-refractivity contribution in [2.45, 2.75) is 33.1 Å². The lowest BCUT2D eigenvalue weighted by atomic mass is 9.85. The van der Waals surface area contributed by atoms with E-state index in [1.165, 1.54) is 5.56 Å². The van der Waals surface area contributed by atoms with Gasteiger partial charge >= 0.3 is 5.97 Å². The minimum Gasteiger partial charge on any atom is -0.476 e. The zero-order valence-electron chi connectivity index (χ0n) is 12.6. The standard InChI is InChI=1S/C16H20N2O2/c1-10-8-11(16(2,3)4)6-7-12(10)14-9-13(15(19)20)17-18(14)5/h6-9H,1-5H3,(H,19,20). The number of carboxylic acids is 1. The monoisotopic (exact) mass is 272 g/mol. The molecular formula is C16H20N2O2. The van der Waals surface area contributed by atoms with Gasteiger partial charge in [-0.2, -0.15) is 5.10 Å². The lowest BCUT2D eigenvalue weighted by Gasteiger charge is -2.20. The van der Waals surface area contributed by atoms with Crippen LogP contribution in [0.25, 0.3) is 11.3 Å². The molecular weight excluding hydrogens is 252 g/mol. The van der Waals surface area contributed by atoms with Gasteiger partial charge in [0.25, 0.3) is 0 Å². The number of aromatic carboxylic acids is 1. The van der Waals surface area contributed by atoms with E-state index >= 15 is 0 Å². The SMILES string of the molecule is Cc1cc(C(C)(C)C)ccc1-c1cc(C(=O)O)nn1C. The molecule has 1 N–H and O–H groups in total. The first-order chi connectivity index (χ1) is 9.20. The molecule has 0 fully saturated rings. The number of aryl methyl sites for hydroxylation is 2. The number of hydrogen-bond acceptors (Lipinski definition) is 2. The maximum atomic E-state index is 11.0. The first-order valence-electron chi connectivity index (χ1n) is 6.59. The van der Waals surface area contributed by atoms with Crippen LogP contribution in [0, 0.1) is 6.92 Å². The fourth-order valence-corrected chi connectivity index (χ4v) is 2.24. The summed E-state index contributed by atoms with van der Waals surface area (Å²) in [6, 6.07) is 7.90. The molecule has 20 heavy (non-hydrogen) atoms. The Morgan fingerprint density at radius 3 is 2.35 bits per heavy atom. The Kier molecular flexibility index (Phi) is 3.42. The first-order valence-corrected chi connectivity index (χ1v) is 6.59. The minimum atomic E-state index is -1.00. The Balaban J connectivity index is 2.51. The molecule has 0 aliphatic heterocycles. The Morgan fingerprint density at radius 2 is 1.90 bits per heavy atom. The maximum absolute atomic E-state index is 11.0. The van der Waals surface area contributed by atoms with E-state index in [0.717, 1.165) is 16.8 Å². The molecule has 0 unspecified atom stereocenters. The van der Waals surface area contributed by atoms with Crippen LogP contribution in [-0.2, 0) is 12.5 Å². The lowest BCUT2D eigenvalue weighted by Crippen LogP contribution is -2.11. The summed E-state index contributed by atoms with van der Waals surface area (Å²) in [6.45, 7) is 8.56. The summed E-state index contributed by atoms with van der Waals surface area (Å²) in [5.74, 6) is -1.00. The number of hydrogen-bond donors (Lipinski definition) is 1. The van der Waals surface area contributed by atoms with Gasteiger partial charge in [-0.15, -0.1) is 0 Å². The van der Waals surface area contributed by atoms with Gasteiger partial charge in [-0.25, -0.2) is 4.79 Å². The predicted molar refractivity (Wildman–Crippen MR) is 79.0 cm³/mol. The van der Waals surface area contributed by atoms with Crippen LogP contribution in [0.15, 0.2) is 24.3 Å². The van der Waals surface area contributed by atoms with E-state index in [-0.39, 0.29) is 11.1 Å². The van der Waals surface area contributed by atoms with Crippen LogP contribution < -0.4 is 0 Å². The number of benzene rings is 1. The maximum Gasteiger partial charge on any atom is 0.356 e. The van der Waals surface area contributed by atoms with Gasteiger partial charge in [0.1, 0.15) is 0 Å². The van der Waals surface area contributed by atoms with Crippen molar-refractivity contribution in [1.29, 1.82) is 0 Å². The van der Waals surface area contributed by atoms with E-state index in [1.807, 2.05) is 13.0 Å². The highest BCUT2D eigenvalue weighted by Gasteiger charge is 2.17. The van der Waals surface area contributed by atoms with Crippen LogP contribution >= 0.6 is 0 Å². The van der Waals surface area contributed by atoms with Crippen molar-refractivity contribution < 1.29 is 9.90 Å². The molecule has 0 atom stereocenters. The highest BCUT2D eigenvalue weighted by Crippen LogP contribution is 2.29. The summed E-state index contributed by atoms with van der Waals surface area (Å²) in [5, 5.41) is 13.0. The molecule has 0 saturated heterocycles. The topological polar surface area (TPSA) is 55.1 Å². The van der Waals surface area contributed by atoms with Gasteiger partial charge in [0.15, 0.2) is 5.69 Å². The normalized spacial score (nSPS) is 11.7. The molecule has 0 aliphatic rings. The average molecular weight is 272 g/mol. The van der Waals surface area contributed by atoms with Crippen molar-refractivity contribution in [2.24, 2.45) is 7.05 Å². The van der Waals surface area contributed by atoms with E-state index < -0.39 is 5.97 Å². The second-order valence-electron chi connectivity index (χ2n) is 6.12. The molecule has 1 heterocycles. The number of carbonyl (C=O) groups is 1. The van der Waals surface area contributed by atoms with Crippen LogP contribution in [0.5, 0.6) is 0 Å². The summed E-state index contributed by atoms with van der Waals surface area (Å²) in [5.41, 5.74) is 4.39. The van der Waals surface area contributed by atoms with Crippen molar-refractivity contribution in [3.63, 3.8) is 0 Å². The molecule has 2 rings (SSSR count). The third-order valence-corrected chi connectivity index (χ3v) is 3.47. The van der Waals surface area contributed by atoms with Crippen molar-refractivity contribution in [3.8, 4) is 11.3 Å². The first kappa shape index (κ1) is 14.3. The highest BCUT2D eigenvalue weighted by molar-refractivity contribution is 5.87. The molecule has 0 spiro atoms. The van der Waals surface area contributed by atoms with Gasteiger partial charge < -0.3 is 5.11 Å². The summed E-state index contributed by atoms with van der Waals surface area (Å²) >= 11 is 0. The third kappa shape index (κ3) is 2.59. The molecule has 4 heteroatoms. The number of nitrogens with zero attached hydrogens (tertiary/aromatic N) is 2. The van der Waals surface area contributed by atoms with Crippen LogP contribution in [0.2, 0.25) is 0 Å². The summed E-state index contributed by atoms with van der Waals surface area (Å²) in [7, 11) is 1.76. The Bertz CT molecular complexity index is 664. The zero-order chi connectivity index (χ0) is 15.1. The fraction of sp³-hybridized carbons (Fsp3) is 0.375. The lowest BCUT2D eigenvalue weighted by molar-refractivity contribution is 0.0689. The zero-order valence-corrected chi connectivity index (χ0v) is 12.6. The van der Waals surface area contributed by atoms with E-state index in [1.54, 1.807) is 17.8 Å². The van der Waals surface area contributed by atoms with E-state index in [4.69, 9.17) is 5.11 Å². The molecule has 1 aromatic heterocycles. The van der Waals surface area contributed by atoms with E-state index in [0.29, 0.717) is 0 Å². The number of rotatable bonds is 2. The van der Waals surface area contributed by atoms with Gasteiger partial charge in [0, 0.05) is 12.6 Å². The molecule has 0 radical (unpaired) electrons. The number of carboxylic acid groups (broad SMARTS) is 1. The second kappa shape index (κ2) is 4.78. The second-order valence-corrected chi connectivity index (χ2v) is 6.12. The molecule has 0 amide bonds. The van der Waals surface area contributed by atoms with Crippen molar-refractivity contribution in [3.05, 3.63) is 41.1 Å². The quantitative estimate of drug-likeness (QED) is 0.911. The molecule has 1 aromatic carbocycles. The van der Waals surface area contributed by atoms with Crippen LogP contribution in [-0.4, -0.2) is 20.9 Å². The van der Waals surface area contributed by atoms with Crippen molar-refractivity contribution in [2.75, 3.05) is 0 Å². The van der Waals surface area contributed by atoms with Crippen LogP contribution in [0.3, 0.4) is 0 Å². The molecule has 0 bridgehead atoms. The van der Waals surface area contributed by atoms with Crippen LogP contribution in [0.1, 0.15) is 42.4 Å². The summed E-state index contributed by atoms with van der Waals surface area (Å²) in [6.07, 6.45) is 0. The fourth-order valence-electron chi connectivity index (χ4n) is 2.24. The smallest absolute Gasteiger partial charge is 0.356 e. The highest BCUT2D eigenvalue weighted by atomic mass is 16.4. The summed E-state index contributed by atoms with van der Waals surface area (Å²) < 4.78 is 1.61. The van der Waals surface area contributed by atoms with Gasteiger partial charge in [-0.1, -0.05) is 39.0 Å². The van der Waals surface area contributed by atoms with E-state index in [2.05, 4.69) is 38.0 Å². The molecule has 0 aliphatic carbocycles. The van der Waals surface area contributed by atoms with Gasteiger partial charge in [-0.05, 0) is 29.5 Å². The Labute approximate surface area is 119 Å². The molecule has 2 aromatic rings. The molecule has 4 nitrogen and oxygen atoms in total. The van der Waals surface area contributed by atoms with Crippen molar-refractivity contribution in [1.82, 2.24) is 9.78 Å². The average Bonchev–Trinajstić information content (AvgIpc) is 2.70. The predicted octanol–water partition coefficient (Wildman–Crippen LogP) is 3.39. The van der Waals surface area contributed by atoms with Crippen LogP contribution in [0.4, 0.5) is 0 Å². The third-order valence-electron chi connectivity index (χ3n) is 3.47. The minimum absolute atomic E-state index is 0.0711. The Morgan fingerprint density at radius 1 is 1.25 bits per heavy atom. The molecule has 106 valence electrons. The van der Waals surface area contributed by atoms with E-state index in [9.17, 15) is 4.79 Å².